The maximum Gasteiger partial charge on any atom is 0.0360 e. The molecule has 16 heavy (non-hydrogen) atoms. The van der Waals surface area contributed by atoms with Crippen LogP contribution >= 0.6 is 0 Å². The Balaban J connectivity index is 2.19. The Labute approximate surface area is 103 Å². The van der Waals surface area contributed by atoms with E-state index in [0.29, 0.717) is 6.04 Å². The Kier molecular flexibility index (Phi) is 6.59. The molecule has 0 spiro atoms. The van der Waals surface area contributed by atoms with Gasteiger partial charge in [-0.25, -0.2) is 0 Å². The van der Waals surface area contributed by atoms with Crippen molar-refractivity contribution in [2.75, 3.05) is 18.1 Å². The van der Waals surface area contributed by atoms with Crippen LogP contribution in [0.4, 0.5) is 0 Å². The van der Waals surface area contributed by atoms with Gasteiger partial charge >= 0.3 is 0 Å². The van der Waals surface area contributed by atoms with Crippen molar-refractivity contribution in [3.8, 4) is 0 Å². The number of rotatable bonds is 6. The maximum atomic E-state index is 11.3. The molecular formula is C13H27NOS. The van der Waals surface area contributed by atoms with E-state index in [-0.39, 0.29) is 0 Å². The van der Waals surface area contributed by atoms with Crippen molar-refractivity contribution in [3.63, 3.8) is 0 Å². The molecule has 0 heterocycles. The van der Waals surface area contributed by atoms with Gasteiger partial charge in [-0.15, -0.1) is 0 Å². The van der Waals surface area contributed by atoms with Crippen LogP contribution in [0.2, 0.25) is 0 Å². The molecule has 3 unspecified atom stereocenters. The fraction of sp³-hybridized carbons (Fsp3) is 1.00. The molecule has 0 amide bonds. The van der Waals surface area contributed by atoms with Crippen molar-refractivity contribution in [1.29, 1.82) is 0 Å². The van der Waals surface area contributed by atoms with Crippen LogP contribution in [-0.4, -0.2) is 28.3 Å². The van der Waals surface area contributed by atoms with E-state index in [1.807, 2.05) is 6.92 Å². The van der Waals surface area contributed by atoms with Gasteiger partial charge in [0.1, 0.15) is 0 Å². The summed E-state index contributed by atoms with van der Waals surface area (Å²) in [5.41, 5.74) is 0. The zero-order chi connectivity index (χ0) is 12.0. The molecule has 3 atom stereocenters. The molecule has 0 aliphatic heterocycles. The van der Waals surface area contributed by atoms with Gasteiger partial charge in [0.2, 0.25) is 0 Å². The second-order valence-corrected chi connectivity index (χ2v) is 7.12. The standard InChI is InChI=1S/C13H27NOS/c1-4-16(15)9-8-14-13-7-5-6-12(10-13)11(2)3/h11-14H,4-10H2,1-3H3. The van der Waals surface area contributed by atoms with Crippen LogP contribution in [0.5, 0.6) is 0 Å². The number of hydrogen-bond acceptors (Lipinski definition) is 2. The summed E-state index contributed by atoms with van der Waals surface area (Å²) in [5, 5.41) is 3.58. The summed E-state index contributed by atoms with van der Waals surface area (Å²) in [6, 6.07) is 0.676. The highest BCUT2D eigenvalue weighted by Crippen LogP contribution is 2.29. The summed E-state index contributed by atoms with van der Waals surface area (Å²) in [5.74, 6) is 3.32. The molecule has 1 saturated carbocycles. The van der Waals surface area contributed by atoms with Crippen LogP contribution in [0.15, 0.2) is 0 Å². The first-order valence-corrected chi connectivity index (χ1v) is 8.20. The molecule has 96 valence electrons. The summed E-state index contributed by atoms with van der Waals surface area (Å²) in [7, 11) is -0.611. The summed E-state index contributed by atoms with van der Waals surface area (Å²) >= 11 is 0. The van der Waals surface area contributed by atoms with E-state index < -0.39 is 10.8 Å². The van der Waals surface area contributed by atoms with Gasteiger partial charge < -0.3 is 5.32 Å². The highest BCUT2D eigenvalue weighted by atomic mass is 32.2. The van der Waals surface area contributed by atoms with Gasteiger partial charge in [-0.2, -0.15) is 0 Å². The molecule has 0 aromatic carbocycles. The Morgan fingerprint density at radius 3 is 2.75 bits per heavy atom. The summed E-state index contributed by atoms with van der Waals surface area (Å²) in [4.78, 5) is 0. The molecule has 0 aromatic heterocycles. The van der Waals surface area contributed by atoms with Crippen molar-refractivity contribution in [2.24, 2.45) is 11.8 Å². The van der Waals surface area contributed by atoms with Crippen molar-refractivity contribution in [2.45, 2.75) is 52.5 Å². The first-order valence-electron chi connectivity index (χ1n) is 6.71. The monoisotopic (exact) mass is 245 g/mol. The Hall–Kier alpha value is 0.110. The van der Waals surface area contributed by atoms with Crippen molar-refractivity contribution in [1.82, 2.24) is 5.32 Å². The van der Waals surface area contributed by atoms with Crippen LogP contribution in [0.3, 0.4) is 0 Å². The smallest absolute Gasteiger partial charge is 0.0360 e. The molecule has 2 nitrogen and oxygen atoms in total. The predicted molar refractivity (Wildman–Crippen MR) is 72.1 cm³/mol. The van der Waals surface area contributed by atoms with Crippen LogP contribution in [-0.2, 0) is 10.8 Å². The number of hydrogen-bond donors (Lipinski definition) is 1. The van der Waals surface area contributed by atoms with E-state index in [4.69, 9.17) is 0 Å². The zero-order valence-corrected chi connectivity index (χ0v) is 11.8. The molecule has 1 aliphatic carbocycles. The van der Waals surface area contributed by atoms with Crippen LogP contribution in [0.25, 0.3) is 0 Å². The second kappa shape index (κ2) is 7.44. The molecule has 0 radical (unpaired) electrons. The average Bonchev–Trinajstić information content (AvgIpc) is 2.29. The van der Waals surface area contributed by atoms with Crippen LogP contribution < -0.4 is 5.32 Å². The zero-order valence-electron chi connectivity index (χ0n) is 11.0. The molecule has 0 saturated heterocycles. The van der Waals surface area contributed by atoms with Crippen LogP contribution in [0.1, 0.15) is 46.5 Å². The van der Waals surface area contributed by atoms with E-state index in [1.165, 1.54) is 25.7 Å². The summed E-state index contributed by atoms with van der Waals surface area (Å²) < 4.78 is 11.3. The van der Waals surface area contributed by atoms with E-state index in [9.17, 15) is 4.21 Å². The van der Waals surface area contributed by atoms with Gasteiger partial charge in [-0.1, -0.05) is 33.6 Å². The van der Waals surface area contributed by atoms with Crippen LogP contribution in [0, 0.1) is 11.8 Å². The lowest BCUT2D eigenvalue weighted by atomic mass is 9.79. The molecule has 1 N–H and O–H groups in total. The number of nitrogens with one attached hydrogen (secondary N) is 1. The first kappa shape index (κ1) is 14.2. The maximum absolute atomic E-state index is 11.3. The molecule has 0 bridgehead atoms. The molecule has 3 heteroatoms. The van der Waals surface area contributed by atoms with Gasteiger partial charge in [0.05, 0.1) is 0 Å². The highest BCUT2D eigenvalue weighted by molar-refractivity contribution is 7.84. The predicted octanol–water partition coefficient (Wildman–Crippen LogP) is 2.56. The minimum absolute atomic E-state index is 0.611. The van der Waals surface area contributed by atoms with Gasteiger partial charge in [-0.3, -0.25) is 4.21 Å². The highest BCUT2D eigenvalue weighted by Gasteiger charge is 2.23. The Bertz CT molecular complexity index is 218. The molecule has 1 aliphatic rings. The van der Waals surface area contributed by atoms with Crippen molar-refractivity contribution < 1.29 is 4.21 Å². The first-order chi connectivity index (χ1) is 7.63. The fourth-order valence-electron chi connectivity index (χ4n) is 2.54. The molecule has 1 fully saturated rings. The normalized spacial score (nSPS) is 28.2. The second-order valence-electron chi connectivity index (χ2n) is 5.25. The fourth-order valence-corrected chi connectivity index (χ4v) is 3.17. The minimum Gasteiger partial charge on any atom is -0.313 e. The third-order valence-corrected chi connectivity index (χ3v) is 5.05. The van der Waals surface area contributed by atoms with E-state index in [1.54, 1.807) is 0 Å². The molecule has 1 rings (SSSR count). The largest absolute Gasteiger partial charge is 0.313 e. The van der Waals surface area contributed by atoms with E-state index >= 15 is 0 Å². The SMILES string of the molecule is CCS(=O)CCNC1CCCC(C(C)C)C1. The van der Waals surface area contributed by atoms with Crippen molar-refractivity contribution >= 4 is 10.8 Å². The van der Waals surface area contributed by atoms with Gasteiger partial charge in [-0.05, 0) is 24.7 Å². The average molecular weight is 245 g/mol. The molecular weight excluding hydrogens is 218 g/mol. The van der Waals surface area contributed by atoms with Gasteiger partial charge in [0.25, 0.3) is 0 Å². The third kappa shape index (κ3) is 4.96. The Morgan fingerprint density at radius 1 is 1.38 bits per heavy atom. The Morgan fingerprint density at radius 2 is 2.12 bits per heavy atom. The van der Waals surface area contributed by atoms with Gasteiger partial charge in [0, 0.05) is 34.9 Å². The van der Waals surface area contributed by atoms with E-state index in [2.05, 4.69) is 19.2 Å². The van der Waals surface area contributed by atoms with Gasteiger partial charge in [0.15, 0.2) is 0 Å². The lowest BCUT2D eigenvalue weighted by Gasteiger charge is -2.32. The minimum atomic E-state index is -0.611. The van der Waals surface area contributed by atoms with Crippen molar-refractivity contribution in [3.05, 3.63) is 0 Å². The lowest BCUT2D eigenvalue weighted by Crippen LogP contribution is -2.37. The summed E-state index contributed by atoms with van der Waals surface area (Å²) in [6.45, 7) is 7.58. The van der Waals surface area contributed by atoms with E-state index in [0.717, 1.165) is 29.9 Å². The topological polar surface area (TPSA) is 29.1 Å². The third-order valence-electron chi connectivity index (χ3n) is 3.74. The lowest BCUT2D eigenvalue weighted by molar-refractivity contribution is 0.233. The molecule has 0 aromatic rings. The quantitative estimate of drug-likeness (QED) is 0.779. The summed E-state index contributed by atoms with van der Waals surface area (Å²) in [6.07, 6.45) is 5.38.